The van der Waals surface area contributed by atoms with Crippen molar-refractivity contribution in [2.75, 3.05) is 15.4 Å². The topological polar surface area (TPSA) is 70.2 Å². The van der Waals surface area contributed by atoms with E-state index in [1.165, 1.54) is 12.1 Å². The van der Waals surface area contributed by atoms with Crippen molar-refractivity contribution in [3.8, 4) is 0 Å². The number of benzene rings is 3. The van der Waals surface area contributed by atoms with Gasteiger partial charge in [-0.25, -0.2) is 8.42 Å². The Kier molecular flexibility index (Phi) is 6.89. The Labute approximate surface area is 193 Å². The number of anilines is 3. The average Bonchev–Trinajstić information content (AvgIpc) is 2.68. The Morgan fingerprint density at radius 3 is 1.94 bits per heavy atom. The van der Waals surface area contributed by atoms with Gasteiger partial charge in [-0.05, 0) is 93.0 Å². The lowest BCUT2D eigenvalue weighted by atomic mass is 10.1. The van der Waals surface area contributed by atoms with Crippen molar-refractivity contribution in [2.45, 2.75) is 32.6 Å². The van der Waals surface area contributed by atoms with Crippen molar-refractivity contribution >= 4 is 56.0 Å². The second kappa shape index (κ2) is 9.26. The zero-order valence-electron chi connectivity index (χ0n) is 17.7. The molecule has 5 nitrogen and oxygen atoms in total. The van der Waals surface area contributed by atoms with Crippen molar-refractivity contribution in [1.82, 2.24) is 0 Å². The van der Waals surface area contributed by atoms with Crippen molar-refractivity contribution in [2.24, 2.45) is 0 Å². The van der Waals surface area contributed by atoms with Crippen LogP contribution in [0.1, 0.15) is 22.3 Å². The van der Waals surface area contributed by atoms with Gasteiger partial charge in [-0.2, -0.15) is 0 Å². The molecule has 0 radical (unpaired) electrons. The van der Waals surface area contributed by atoms with Crippen LogP contribution in [0.15, 0.2) is 59.5 Å². The van der Waals surface area contributed by atoms with E-state index in [1.807, 2.05) is 52.0 Å². The summed E-state index contributed by atoms with van der Waals surface area (Å²) < 4.78 is 28.4. The zero-order valence-corrected chi connectivity index (χ0v) is 20.1. The molecule has 0 aromatic heterocycles. The highest BCUT2D eigenvalue weighted by molar-refractivity contribution is 7.92. The van der Waals surface area contributed by atoms with Gasteiger partial charge < -0.3 is 10.6 Å². The zero-order chi connectivity index (χ0) is 22.8. The first-order valence-electron chi connectivity index (χ1n) is 9.60. The predicted octanol–water partition coefficient (Wildman–Crippen LogP) is 6.18. The number of hydrogen-bond acceptors (Lipinski definition) is 3. The van der Waals surface area contributed by atoms with Gasteiger partial charge in [0.05, 0.1) is 10.6 Å². The van der Waals surface area contributed by atoms with Gasteiger partial charge >= 0.3 is 0 Å². The Bertz CT molecular complexity index is 1220. The summed E-state index contributed by atoms with van der Waals surface area (Å²) in [7, 11) is -3.71. The maximum absolute atomic E-state index is 12.8. The lowest BCUT2D eigenvalue weighted by molar-refractivity contribution is 0.601. The molecule has 0 aliphatic rings. The molecule has 3 N–H and O–H groups in total. The quantitative estimate of drug-likeness (QED) is 0.386. The highest BCUT2D eigenvalue weighted by atomic mass is 35.5. The summed E-state index contributed by atoms with van der Waals surface area (Å²) in [5, 5.41) is 7.12. The molecule has 0 heterocycles. The van der Waals surface area contributed by atoms with E-state index in [0.717, 1.165) is 27.9 Å². The van der Waals surface area contributed by atoms with Crippen LogP contribution in [-0.2, 0) is 10.0 Å². The molecule has 0 aliphatic heterocycles. The molecule has 0 fully saturated rings. The van der Waals surface area contributed by atoms with Gasteiger partial charge in [-0.15, -0.1) is 0 Å². The first-order valence-corrected chi connectivity index (χ1v) is 11.9. The molecular formula is C23H24ClN3O2S2. The molecule has 8 heteroatoms. The smallest absolute Gasteiger partial charge is 0.261 e. The summed E-state index contributed by atoms with van der Waals surface area (Å²) in [4.78, 5) is 0.168. The Morgan fingerprint density at radius 1 is 0.806 bits per heavy atom. The van der Waals surface area contributed by atoms with E-state index in [2.05, 4.69) is 15.4 Å². The van der Waals surface area contributed by atoms with E-state index in [1.54, 1.807) is 18.2 Å². The monoisotopic (exact) mass is 473 g/mol. The van der Waals surface area contributed by atoms with Crippen LogP contribution >= 0.6 is 23.8 Å². The van der Waals surface area contributed by atoms with Gasteiger partial charge in [-0.3, -0.25) is 4.72 Å². The molecule has 0 amide bonds. The Balaban J connectivity index is 1.70. The third-order valence-corrected chi connectivity index (χ3v) is 6.74. The number of nitrogens with one attached hydrogen (secondary N) is 3. The second-order valence-corrected chi connectivity index (χ2v) is 9.94. The maximum Gasteiger partial charge on any atom is 0.261 e. The minimum absolute atomic E-state index is 0.168. The molecule has 31 heavy (non-hydrogen) atoms. The van der Waals surface area contributed by atoms with E-state index in [4.69, 9.17) is 23.8 Å². The van der Waals surface area contributed by atoms with Crippen molar-refractivity contribution in [3.63, 3.8) is 0 Å². The van der Waals surface area contributed by atoms with Crippen LogP contribution in [-0.4, -0.2) is 13.5 Å². The highest BCUT2D eigenvalue weighted by Crippen LogP contribution is 2.26. The van der Waals surface area contributed by atoms with E-state index in [-0.39, 0.29) is 4.90 Å². The molecule has 0 bridgehead atoms. The van der Waals surface area contributed by atoms with Gasteiger partial charge in [0.25, 0.3) is 10.0 Å². The molecule has 162 valence electrons. The Hall–Kier alpha value is -2.61. The standard InChI is InChI=1S/C23H24ClN3O2S2/c1-14-11-16(3)22(17(4)12-14)27-31(28,29)20-9-7-18(8-10-20)25-23(30)26-19-6-5-15(2)21(24)13-19/h5-13,27H,1-4H3,(H2,25,26,30). The normalized spacial score (nSPS) is 11.1. The average molecular weight is 474 g/mol. The Morgan fingerprint density at radius 2 is 1.35 bits per heavy atom. The van der Waals surface area contributed by atoms with Gasteiger partial charge in [-0.1, -0.05) is 35.4 Å². The molecule has 3 aromatic rings. The first kappa shape index (κ1) is 23.1. The number of aryl methyl sites for hydroxylation is 4. The lowest BCUT2D eigenvalue weighted by Crippen LogP contribution is -2.19. The third kappa shape index (κ3) is 5.76. The summed E-state index contributed by atoms with van der Waals surface area (Å²) >= 11 is 11.5. The van der Waals surface area contributed by atoms with Crippen LogP contribution in [0.25, 0.3) is 0 Å². The fourth-order valence-corrected chi connectivity index (χ4v) is 4.83. The summed E-state index contributed by atoms with van der Waals surface area (Å²) in [5.41, 5.74) is 5.87. The summed E-state index contributed by atoms with van der Waals surface area (Å²) in [6, 6.07) is 15.9. The van der Waals surface area contributed by atoms with Crippen LogP contribution in [0.4, 0.5) is 17.1 Å². The fraction of sp³-hybridized carbons (Fsp3) is 0.174. The highest BCUT2D eigenvalue weighted by Gasteiger charge is 2.17. The van der Waals surface area contributed by atoms with Gasteiger partial charge in [0.15, 0.2) is 5.11 Å². The molecule has 0 saturated carbocycles. The van der Waals surface area contributed by atoms with Crippen LogP contribution in [0.3, 0.4) is 0 Å². The molecule has 0 saturated heterocycles. The number of sulfonamides is 1. The van der Waals surface area contributed by atoms with Gasteiger partial charge in [0.1, 0.15) is 0 Å². The number of halogens is 1. The molecule has 0 aliphatic carbocycles. The molecule has 0 atom stereocenters. The van der Waals surface area contributed by atoms with Crippen molar-refractivity contribution in [1.29, 1.82) is 0 Å². The van der Waals surface area contributed by atoms with Crippen LogP contribution in [0.2, 0.25) is 5.02 Å². The summed E-state index contributed by atoms with van der Waals surface area (Å²) in [6.07, 6.45) is 0. The van der Waals surface area contributed by atoms with E-state index >= 15 is 0 Å². The summed E-state index contributed by atoms with van der Waals surface area (Å²) in [5.74, 6) is 0. The SMILES string of the molecule is Cc1cc(C)c(NS(=O)(=O)c2ccc(NC(=S)Nc3ccc(C)c(Cl)c3)cc2)c(C)c1. The number of hydrogen-bond donors (Lipinski definition) is 3. The van der Waals surface area contributed by atoms with Crippen molar-refractivity contribution in [3.05, 3.63) is 81.9 Å². The van der Waals surface area contributed by atoms with Gasteiger partial charge in [0, 0.05) is 16.4 Å². The molecule has 3 aromatic carbocycles. The lowest BCUT2D eigenvalue weighted by Gasteiger charge is -2.15. The predicted molar refractivity (Wildman–Crippen MR) is 134 cm³/mol. The molecular weight excluding hydrogens is 450 g/mol. The largest absolute Gasteiger partial charge is 0.332 e. The maximum atomic E-state index is 12.8. The van der Waals surface area contributed by atoms with Crippen LogP contribution in [0.5, 0.6) is 0 Å². The van der Waals surface area contributed by atoms with Crippen LogP contribution in [0, 0.1) is 27.7 Å². The molecule has 3 rings (SSSR count). The van der Waals surface area contributed by atoms with E-state index in [0.29, 0.717) is 21.5 Å². The number of thiocarbonyl (C=S) groups is 1. The second-order valence-electron chi connectivity index (χ2n) is 7.45. The first-order chi connectivity index (χ1) is 14.5. The minimum Gasteiger partial charge on any atom is -0.332 e. The third-order valence-electron chi connectivity index (χ3n) is 4.77. The van der Waals surface area contributed by atoms with E-state index < -0.39 is 10.0 Å². The molecule has 0 unspecified atom stereocenters. The fourth-order valence-electron chi connectivity index (χ4n) is 3.22. The van der Waals surface area contributed by atoms with Crippen LogP contribution < -0.4 is 15.4 Å². The summed E-state index contributed by atoms with van der Waals surface area (Å²) in [6.45, 7) is 7.69. The van der Waals surface area contributed by atoms with Crippen molar-refractivity contribution < 1.29 is 8.42 Å². The van der Waals surface area contributed by atoms with E-state index in [9.17, 15) is 8.42 Å². The van der Waals surface area contributed by atoms with Gasteiger partial charge in [0.2, 0.25) is 0 Å². The molecule has 0 spiro atoms. The minimum atomic E-state index is -3.71. The number of rotatable bonds is 5.